The van der Waals surface area contributed by atoms with Crippen molar-refractivity contribution in [2.24, 2.45) is 0 Å². The van der Waals surface area contributed by atoms with Gasteiger partial charge in [-0.25, -0.2) is 9.37 Å². The first-order valence-corrected chi connectivity index (χ1v) is 5.62. The SMILES string of the molecule is N#Cc1ccc(C(=O)Nc2cc([N+](=O)[O-])ccc2F)nc1. The number of amides is 1. The molecule has 0 spiro atoms. The van der Waals surface area contributed by atoms with E-state index in [2.05, 4.69) is 10.3 Å². The van der Waals surface area contributed by atoms with Gasteiger partial charge in [0.1, 0.15) is 17.6 Å². The fourth-order valence-corrected chi connectivity index (χ4v) is 1.50. The van der Waals surface area contributed by atoms with E-state index in [1.165, 1.54) is 18.3 Å². The molecule has 0 aliphatic carbocycles. The zero-order chi connectivity index (χ0) is 15.4. The van der Waals surface area contributed by atoms with Crippen molar-refractivity contribution >= 4 is 17.3 Å². The topological polar surface area (TPSA) is 109 Å². The predicted molar refractivity (Wildman–Crippen MR) is 70.0 cm³/mol. The third-order valence-corrected chi connectivity index (χ3v) is 2.53. The number of carbonyl (C=O) groups is 1. The minimum absolute atomic E-state index is 0.0418. The molecule has 1 aromatic carbocycles. The van der Waals surface area contributed by atoms with Crippen LogP contribution in [0.5, 0.6) is 0 Å². The van der Waals surface area contributed by atoms with E-state index in [-0.39, 0.29) is 22.6 Å². The summed E-state index contributed by atoms with van der Waals surface area (Å²) in [5.74, 6) is -1.54. The van der Waals surface area contributed by atoms with Gasteiger partial charge in [0.25, 0.3) is 11.6 Å². The Bertz CT molecular complexity index is 753. The molecule has 104 valence electrons. The van der Waals surface area contributed by atoms with E-state index in [1.807, 2.05) is 6.07 Å². The Hall–Kier alpha value is -3.34. The van der Waals surface area contributed by atoms with Gasteiger partial charge in [-0.15, -0.1) is 0 Å². The molecular formula is C13H7FN4O3. The molecule has 0 aliphatic rings. The van der Waals surface area contributed by atoms with Crippen LogP contribution in [-0.4, -0.2) is 15.8 Å². The molecule has 1 N–H and O–H groups in total. The predicted octanol–water partition coefficient (Wildman–Crippen LogP) is 2.25. The van der Waals surface area contributed by atoms with Crippen LogP contribution in [0.1, 0.15) is 16.1 Å². The Morgan fingerprint density at radius 3 is 2.71 bits per heavy atom. The number of nitrogens with one attached hydrogen (secondary N) is 1. The van der Waals surface area contributed by atoms with E-state index < -0.39 is 16.6 Å². The van der Waals surface area contributed by atoms with Crippen molar-refractivity contribution in [3.8, 4) is 6.07 Å². The fourth-order valence-electron chi connectivity index (χ4n) is 1.50. The quantitative estimate of drug-likeness (QED) is 0.687. The lowest BCUT2D eigenvalue weighted by atomic mass is 10.2. The van der Waals surface area contributed by atoms with Crippen molar-refractivity contribution in [1.29, 1.82) is 5.26 Å². The first kappa shape index (κ1) is 14.1. The van der Waals surface area contributed by atoms with Crippen LogP contribution < -0.4 is 5.32 Å². The Morgan fingerprint density at radius 2 is 2.14 bits per heavy atom. The normalized spacial score (nSPS) is 9.71. The van der Waals surface area contributed by atoms with Gasteiger partial charge in [-0.05, 0) is 18.2 Å². The highest BCUT2D eigenvalue weighted by Crippen LogP contribution is 2.21. The largest absolute Gasteiger partial charge is 0.318 e. The van der Waals surface area contributed by atoms with Gasteiger partial charge >= 0.3 is 0 Å². The van der Waals surface area contributed by atoms with Gasteiger partial charge in [0, 0.05) is 18.3 Å². The molecular weight excluding hydrogens is 279 g/mol. The smallest absolute Gasteiger partial charge is 0.274 e. The first-order valence-electron chi connectivity index (χ1n) is 5.62. The third kappa shape index (κ3) is 3.16. The number of aromatic nitrogens is 1. The minimum Gasteiger partial charge on any atom is -0.318 e. The van der Waals surface area contributed by atoms with Gasteiger partial charge in [0.05, 0.1) is 16.2 Å². The molecule has 1 heterocycles. The standard InChI is InChI=1S/C13H7FN4O3/c14-10-3-2-9(18(20)21)5-12(10)17-13(19)11-4-1-8(6-15)7-16-11/h1-5,7H,(H,17,19). The number of hydrogen-bond donors (Lipinski definition) is 1. The summed E-state index contributed by atoms with van der Waals surface area (Å²) < 4.78 is 13.5. The van der Waals surface area contributed by atoms with E-state index in [9.17, 15) is 19.3 Å². The molecule has 0 bridgehead atoms. The lowest BCUT2D eigenvalue weighted by Crippen LogP contribution is -2.14. The van der Waals surface area contributed by atoms with Crippen LogP contribution in [0.15, 0.2) is 36.5 Å². The second kappa shape index (κ2) is 5.75. The van der Waals surface area contributed by atoms with Crippen LogP contribution in [0, 0.1) is 27.3 Å². The molecule has 2 aromatic rings. The van der Waals surface area contributed by atoms with Crippen LogP contribution in [0.2, 0.25) is 0 Å². The molecule has 0 unspecified atom stereocenters. The van der Waals surface area contributed by atoms with Gasteiger partial charge < -0.3 is 5.32 Å². The second-order valence-corrected chi connectivity index (χ2v) is 3.92. The summed E-state index contributed by atoms with van der Waals surface area (Å²) in [6.45, 7) is 0. The molecule has 0 atom stereocenters. The highest BCUT2D eigenvalue weighted by Gasteiger charge is 2.14. The van der Waals surface area contributed by atoms with Crippen LogP contribution in [0.3, 0.4) is 0 Å². The zero-order valence-electron chi connectivity index (χ0n) is 10.4. The average molecular weight is 286 g/mol. The number of nitrogens with zero attached hydrogens (tertiary/aromatic N) is 3. The van der Waals surface area contributed by atoms with Crippen LogP contribution in [0.25, 0.3) is 0 Å². The lowest BCUT2D eigenvalue weighted by Gasteiger charge is -2.05. The molecule has 7 nitrogen and oxygen atoms in total. The van der Waals surface area contributed by atoms with Crippen molar-refractivity contribution in [3.05, 3.63) is 63.7 Å². The minimum atomic E-state index is -0.803. The average Bonchev–Trinajstić information content (AvgIpc) is 2.49. The van der Waals surface area contributed by atoms with E-state index in [4.69, 9.17) is 5.26 Å². The zero-order valence-corrected chi connectivity index (χ0v) is 10.4. The monoisotopic (exact) mass is 286 g/mol. The molecule has 0 saturated heterocycles. The van der Waals surface area contributed by atoms with E-state index in [1.54, 1.807) is 0 Å². The molecule has 2 rings (SSSR count). The number of rotatable bonds is 3. The molecule has 0 aliphatic heterocycles. The maximum atomic E-state index is 13.5. The molecule has 1 aromatic heterocycles. The van der Waals surface area contributed by atoms with Crippen molar-refractivity contribution in [2.75, 3.05) is 5.32 Å². The number of benzene rings is 1. The number of hydrogen-bond acceptors (Lipinski definition) is 5. The fraction of sp³-hybridized carbons (Fsp3) is 0. The van der Waals surface area contributed by atoms with E-state index in [0.29, 0.717) is 0 Å². The number of pyridine rings is 1. The summed E-state index contributed by atoms with van der Waals surface area (Å²) in [4.78, 5) is 25.5. The van der Waals surface area contributed by atoms with E-state index >= 15 is 0 Å². The van der Waals surface area contributed by atoms with Crippen molar-refractivity contribution in [1.82, 2.24) is 4.98 Å². The molecule has 21 heavy (non-hydrogen) atoms. The molecule has 0 fully saturated rings. The Labute approximate surface area is 117 Å². The summed E-state index contributed by atoms with van der Waals surface area (Å²) in [5.41, 5.74) is -0.437. The summed E-state index contributed by atoms with van der Waals surface area (Å²) in [6, 6.07) is 7.31. The van der Waals surface area contributed by atoms with Crippen LogP contribution >= 0.6 is 0 Å². The van der Waals surface area contributed by atoms with Crippen molar-refractivity contribution in [3.63, 3.8) is 0 Å². The maximum absolute atomic E-state index is 13.5. The summed E-state index contributed by atoms with van der Waals surface area (Å²) in [6.07, 6.45) is 1.19. The van der Waals surface area contributed by atoms with Crippen LogP contribution in [-0.2, 0) is 0 Å². The molecule has 1 amide bonds. The third-order valence-electron chi connectivity index (χ3n) is 2.53. The van der Waals surface area contributed by atoms with Crippen molar-refractivity contribution < 1.29 is 14.1 Å². The van der Waals surface area contributed by atoms with Gasteiger partial charge in [0.2, 0.25) is 0 Å². The summed E-state index contributed by atoms with van der Waals surface area (Å²) in [5, 5.41) is 21.4. The summed E-state index contributed by atoms with van der Waals surface area (Å²) >= 11 is 0. The highest BCUT2D eigenvalue weighted by atomic mass is 19.1. The number of nitro benzene ring substituents is 1. The Morgan fingerprint density at radius 1 is 1.38 bits per heavy atom. The molecule has 8 heteroatoms. The number of nitro groups is 1. The Balaban J connectivity index is 2.24. The van der Waals surface area contributed by atoms with Gasteiger partial charge in [0.15, 0.2) is 0 Å². The van der Waals surface area contributed by atoms with Gasteiger partial charge in [-0.3, -0.25) is 14.9 Å². The first-order chi connectivity index (χ1) is 10.0. The number of halogens is 1. The van der Waals surface area contributed by atoms with Crippen molar-refractivity contribution in [2.45, 2.75) is 0 Å². The summed E-state index contributed by atoms with van der Waals surface area (Å²) in [7, 11) is 0. The second-order valence-electron chi connectivity index (χ2n) is 3.92. The maximum Gasteiger partial charge on any atom is 0.274 e. The number of carbonyl (C=O) groups excluding carboxylic acids is 1. The lowest BCUT2D eigenvalue weighted by molar-refractivity contribution is -0.384. The highest BCUT2D eigenvalue weighted by molar-refractivity contribution is 6.03. The Kier molecular flexibility index (Phi) is 3.85. The number of nitriles is 1. The number of non-ortho nitro benzene ring substituents is 1. The molecule has 0 radical (unpaired) electrons. The van der Waals surface area contributed by atoms with Gasteiger partial charge in [-0.1, -0.05) is 0 Å². The van der Waals surface area contributed by atoms with Gasteiger partial charge in [-0.2, -0.15) is 5.26 Å². The van der Waals surface area contributed by atoms with Crippen LogP contribution in [0.4, 0.5) is 15.8 Å². The van der Waals surface area contributed by atoms with E-state index in [0.717, 1.165) is 18.2 Å². The number of anilines is 1. The molecule has 0 saturated carbocycles.